The summed E-state index contributed by atoms with van der Waals surface area (Å²) >= 11 is 0. The molecular weight excluding hydrogens is 354 g/mol. The van der Waals surface area contributed by atoms with Crippen LogP contribution in [0, 0.1) is 0 Å². The quantitative estimate of drug-likeness (QED) is 0.495. The van der Waals surface area contributed by atoms with E-state index in [1.807, 2.05) is 24.3 Å². The summed E-state index contributed by atoms with van der Waals surface area (Å²) in [6.07, 6.45) is 1.75. The number of nitrogens with zero attached hydrogens (tertiary/aromatic N) is 1. The summed E-state index contributed by atoms with van der Waals surface area (Å²) in [6, 6.07) is 14.3. The van der Waals surface area contributed by atoms with Gasteiger partial charge in [-0.05, 0) is 62.1 Å². The van der Waals surface area contributed by atoms with E-state index in [9.17, 15) is 9.59 Å². The normalized spacial score (nSPS) is 13.8. The number of para-hydroxylation sites is 1. The first-order valence-electron chi connectivity index (χ1n) is 9.38. The van der Waals surface area contributed by atoms with Crippen LogP contribution in [-0.4, -0.2) is 30.0 Å². The molecule has 0 unspecified atom stereocenters. The van der Waals surface area contributed by atoms with Gasteiger partial charge in [-0.15, -0.1) is 0 Å². The van der Waals surface area contributed by atoms with Gasteiger partial charge in [0.05, 0.1) is 18.2 Å². The van der Waals surface area contributed by atoms with Gasteiger partial charge in [-0.3, -0.25) is 9.78 Å². The average Bonchev–Trinajstić information content (AvgIpc) is 3.19. The molecule has 0 saturated heterocycles. The van der Waals surface area contributed by atoms with Gasteiger partial charge in [0, 0.05) is 16.6 Å². The number of aryl methyl sites for hydroxylation is 1. The van der Waals surface area contributed by atoms with Crippen molar-refractivity contribution in [3.63, 3.8) is 0 Å². The zero-order chi connectivity index (χ0) is 19.7. The van der Waals surface area contributed by atoms with Crippen LogP contribution < -0.4 is 4.74 Å². The molecule has 5 heteroatoms. The van der Waals surface area contributed by atoms with Crippen LogP contribution in [-0.2, 0) is 17.6 Å². The summed E-state index contributed by atoms with van der Waals surface area (Å²) in [7, 11) is 1.57. The van der Waals surface area contributed by atoms with Crippen LogP contribution in [0.4, 0.5) is 0 Å². The predicted octanol–water partition coefficient (Wildman–Crippen LogP) is 4.16. The molecular formula is C23H21NO4. The van der Waals surface area contributed by atoms with Gasteiger partial charge in [0.15, 0.2) is 6.10 Å². The third-order valence-corrected chi connectivity index (χ3v) is 5.15. The van der Waals surface area contributed by atoms with Crippen LogP contribution in [0.1, 0.15) is 45.3 Å². The van der Waals surface area contributed by atoms with Gasteiger partial charge in [-0.1, -0.05) is 18.2 Å². The summed E-state index contributed by atoms with van der Waals surface area (Å²) in [6.45, 7) is 1.61. The fraction of sp³-hybridized carbons (Fsp3) is 0.261. The maximum atomic E-state index is 13.0. The van der Waals surface area contributed by atoms with E-state index < -0.39 is 12.1 Å². The molecule has 0 saturated carbocycles. The van der Waals surface area contributed by atoms with Gasteiger partial charge in [-0.2, -0.15) is 0 Å². The van der Waals surface area contributed by atoms with Crippen LogP contribution in [0.5, 0.6) is 5.75 Å². The number of rotatable bonds is 5. The molecule has 0 fully saturated rings. The zero-order valence-electron chi connectivity index (χ0n) is 15.9. The number of methoxy groups -OCH3 is 1. The molecule has 142 valence electrons. The summed E-state index contributed by atoms with van der Waals surface area (Å²) in [5.74, 6) is -0.0443. The molecule has 0 bridgehead atoms. The van der Waals surface area contributed by atoms with Crippen molar-refractivity contribution >= 4 is 22.7 Å². The topological polar surface area (TPSA) is 65.5 Å². The smallest absolute Gasteiger partial charge is 0.339 e. The van der Waals surface area contributed by atoms with Crippen molar-refractivity contribution in [3.05, 3.63) is 70.9 Å². The molecule has 0 aliphatic heterocycles. The Bertz CT molecular complexity index is 1060. The second kappa shape index (κ2) is 7.43. The molecule has 0 radical (unpaired) electrons. The van der Waals surface area contributed by atoms with Crippen molar-refractivity contribution in [2.45, 2.75) is 32.3 Å². The fourth-order valence-electron chi connectivity index (χ4n) is 3.71. The molecule has 2 aromatic carbocycles. The molecule has 1 aliphatic carbocycles. The predicted molar refractivity (Wildman–Crippen MR) is 106 cm³/mol. The van der Waals surface area contributed by atoms with E-state index in [-0.39, 0.29) is 5.78 Å². The highest BCUT2D eigenvalue weighted by atomic mass is 16.5. The first-order valence-corrected chi connectivity index (χ1v) is 9.38. The van der Waals surface area contributed by atoms with Crippen molar-refractivity contribution in [3.8, 4) is 5.75 Å². The average molecular weight is 375 g/mol. The van der Waals surface area contributed by atoms with Crippen LogP contribution >= 0.6 is 0 Å². The Balaban J connectivity index is 1.62. The van der Waals surface area contributed by atoms with Crippen molar-refractivity contribution < 1.29 is 19.1 Å². The third kappa shape index (κ3) is 3.24. The SMILES string of the molecule is COc1ccc(C(=O)[C@H](C)OC(=O)c2c3c(nc4ccccc24)CCC3)cc1. The molecule has 4 rings (SSSR count). The van der Waals surface area contributed by atoms with Crippen molar-refractivity contribution in [2.24, 2.45) is 0 Å². The number of ether oxygens (including phenoxy) is 2. The van der Waals surface area contributed by atoms with Gasteiger partial charge >= 0.3 is 5.97 Å². The molecule has 28 heavy (non-hydrogen) atoms. The lowest BCUT2D eigenvalue weighted by Crippen LogP contribution is -2.25. The molecule has 1 heterocycles. The van der Waals surface area contributed by atoms with Gasteiger partial charge < -0.3 is 9.47 Å². The number of carbonyl (C=O) groups is 2. The molecule has 0 spiro atoms. The molecule has 5 nitrogen and oxygen atoms in total. The highest BCUT2D eigenvalue weighted by molar-refractivity contribution is 6.07. The molecule has 0 amide bonds. The Kier molecular flexibility index (Phi) is 4.82. The number of pyridine rings is 1. The first kappa shape index (κ1) is 18.2. The summed E-state index contributed by atoms with van der Waals surface area (Å²) < 4.78 is 10.7. The summed E-state index contributed by atoms with van der Waals surface area (Å²) in [5, 5.41) is 0.775. The van der Waals surface area contributed by atoms with E-state index in [2.05, 4.69) is 0 Å². The Labute approximate surface area is 163 Å². The number of Topliss-reactive ketones (excluding diaryl/α,β-unsaturated/α-hetero) is 1. The second-order valence-corrected chi connectivity index (χ2v) is 6.92. The van der Waals surface area contributed by atoms with Crippen molar-refractivity contribution in [1.29, 1.82) is 0 Å². The number of hydrogen-bond acceptors (Lipinski definition) is 5. The van der Waals surface area contributed by atoms with E-state index in [4.69, 9.17) is 14.5 Å². The van der Waals surface area contributed by atoms with Gasteiger partial charge in [0.1, 0.15) is 5.75 Å². The second-order valence-electron chi connectivity index (χ2n) is 6.92. The molecule has 0 N–H and O–H groups in total. The Morgan fingerprint density at radius 3 is 2.54 bits per heavy atom. The van der Waals surface area contributed by atoms with E-state index in [1.54, 1.807) is 38.3 Å². The molecule has 1 aromatic heterocycles. The highest BCUT2D eigenvalue weighted by Gasteiger charge is 2.27. The lowest BCUT2D eigenvalue weighted by atomic mass is 10.0. The summed E-state index contributed by atoms with van der Waals surface area (Å²) in [5.41, 5.74) is 3.72. The van der Waals surface area contributed by atoms with E-state index in [0.717, 1.165) is 41.4 Å². The Morgan fingerprint density at radius 2 is 1.79 bits per heavy atom. The molecule has 1 atom stereocenters. The van der Waals surface area contributed by atoms with Gasteiger partial charge in [0.2, 0.25) is 5.78 Å². The van der Waals surface area contributed by atoms with Gasteiger partial charge in [0.25, 0.3) is 0 Å². The number of hydrogen-bond donors (Lipinski definition) is 0. The maximum absolute atomic E-state index is 13.0. The number of ketones is 1. The van der Waals surface area contributed by atoms with E-state index >= 15 is 0 Å². The van der Waals surface area contributed by atoms with Crippen LogP contribution in [0.15, 0.2) is 48.5 Å². The lowest BCUT2D eigenvalue weighted by Gasteiger charge is -2.16. The van der Waals surface area contributed by atoms with Crippen molar-refractivity contribution in [1.82, 2.24) is 4.98 Å². The monoisotopic (exact) mass is 375 g/mol. The Morgan fingerprint density at radius 1 is 1.04 bits per heavy atom. The number of esters is 1. The first-order chi connectivity index (χ1) is 13.6. The number of carbonyl (C=O) groups excluding carboxylic acids is 2. The maximum Gasteiger partial charge on any atom is 0.339 e. The zero-order valence-corrected chi connectivity index (χ0v) is 15.9. The summed E-state index contributed by atoms with van der Waals surface area (Å²) in [4.78, 5) is 30.4. The van der Waals surface area contributed by atoms with Crippen LogP contribution in [0.2, 0.25) is 0 Å². The minimum absolute atomic E-state index is 0.244. The Hall–Kier alpha value is -3.21. The number of benzene rings is 2. The van der Waals surface area contributed by atoms with Crippen LogP contribution in [0.25, 0.3) is 10.9 Å². The van der Waals surface area contributed by atoms with E-state index in [0.29, 0.717) is 16.9 Å². The minimum atomic E-state index is -0.884. The standard InChI is InChI=1S/C23H21NO4/c1-14(22(25)15-10-12-16(27-2)13-11-15)28-23(26)21-17-6-3-4-8-19(17)24-20-9-5-7-18(20)21/h3-4,6,8,10-14H,5,7,9H2,1-2H3/t14-/m0/s1. The fourth-order valence-corrected chi connectivity index (χ4v) is 3.71. The highest BCUT2D eigenvalue weighted by Crippen LogP contribution is 2.30. The largest absolute Gasteiger partial charge is 0.497 e. The molecule has 1 aliphatic rings. The van der Waals surface area contributed by atoms with Crippen molar-refractivity contribution in [2.75, 3.05) is 7.11 Å². The molecule has 3 aromatic rings. The van der Waals surface area contributed by atoms with E-state index in [1.165, 1.54) is 0 Å². The number of fused-ring (bicyclic) bond motifs is 2. The lowest BCUT2D eigenvalue weighted by molar-refractivity contribution is 0.0319. The van der Waals surface area contributed by atoms with Gasteiger partial charge in [-0.25, -0.2) is 4.79 Å². The number of aromatic nitrogens is 1. The van der Waals surface area contributed by atoms with Crippen LogP contribution in [0.3, 0.4) is 0 Å². The minimum Gasteiger partial charge on any atom is -0.497 e. The third-order valence-electron chi connectivity index (χ3n) is 5.15.